The van der Waals surface area contributed by atoms with Crippen molar-refractivity contribution in [3.63, 3.8) is 0 Å². The number of aromatic nitrogens is 2. The third-order valence-corrected chi connectivity index (χ3v) is 7.75. The van der Waals surface area contributed by atoms with E-state index in [9.17, 15) is 0 Å². The van der Waals surface area contributed by atoms with Crippen molar-refractivity contribution in [2.24, 2.45) is 5.92 Å². The first-order valence-electron chi connectivity index (χ1n) is 12.9. The lowest BCUT2D eigenvalue weighted by atomic mass is 9.74. The van der Waals surface area contributed by atoms with E-state index in [1.165, 1.54) is 55.0 Å². The number of benzene rings is 3. The second kappa shape index (κ2) is 8.72. The summed E-state index contributed by atoms with van der Waals surface area (Å²) in [5.41, 5.74) is 8.63. The van der Waals surface area contributed by atoms with Crippen LogP contribution in [0.4, 0.5) is 23.0 Å². The summed E-state index contributed by atoms with van der Waals surface area (Å²) in [5.74, 6) is 1.50. The quantitative estimate of drug-likeness (QED) is 0.342. The van der Waals surface area contributed by atoms with E-state index < -0.39 is 0 Å². The smallest absolute Gasteiger partial charge is 0.205 e. The van der Waals surface area contributed by atoms with E-state index in [-0.39, 0.29) is 5.41 Å². The molecule has 35 heavy (non-hydrogen) atoms. The summed E-state index contributed by atoms with van der Waals surface area (Å²) in [6.45, 7) is 11.3. The van der Waals surface area contributed by atoms with Crippen LogP contribution in [0.3, 0.4) is 0 Å². The lowest BCUT2D eigenvalue weighted by Crippen LogP contribution is -2.45. The molecule has 0 atom stereocenters. The van der Waals surface area contributed by atoms with Gasteiger partial charge in [-0.25, -0.2) is 4.98 Å². The van der Waals surface area contributed by atoms with Crippen molar-refractivity contribution in [2.75, 3.05) is 36.4 Å². The number of para-hydroxylation sites is 3. The molecule has 2 N–H and O–H groups in total. The fraction of sp³-hybridized carbons (Fsp3) is 0.367. The molecule has 5 nitrogen and oxygen atoms in total. The van der Waals surface area contributed by atoms with Crippen molar-refractivity contribution >= 4 is 34.0 Å². The Kier molecular flexibility index (Phi) is 5.53. The summed E-state index contributed by atoms with van der Waals surface area (Å²) >= 11 is 0. The van der Waals surface area contributed by atoms with Gasteiger partial charge < -0.3 is 20.1 Å². The lowest BCUT2D eigenvalue weighted by Gasteiger charge is -2.40. The van der Waals surface area contributed by atoms with Crippen molar-refractivity contribution in [1.82, 2.24) is 14.9 Å². The van der Waals surface area contributed by atoms with Gasteiger partial charge in [0.25, 0.3) is 0 Å². The SMILES string of the molecule is Cc1ccc2nc(Nc3ccccc3N3CC4(CCN(CC(C)C)CC4)c4ccccc43)[nH]c2c1. The van der Waals surface area contributed by atoms with Crippen molar-refractivity contribution in [1.29, 1.82) is 0 Å². The van der Waals surface area contributed by atoms with Crippen LogP contribution in [-0.4, -0.2) is 41.0 Å². The van der Waals surface area contributed by atoms with Gasteiger partial charge in [0, 0.05) is 24.2 Å². The Bertz CT molecular complexity index is 1350. The molecule has 1 aromatic heterocycles. The molecule has 0 saturated carbocycles. The minimum absolute atomic E-state index is 0.216. The summed E-state index contributed by atoms with van der Waals surface area (Å²) in [6, 6.07) is 24.0. The number of hydrogen-bond acceptors (Lipinski definition) is 4. The number of H-pyrrole nitrogens is 1. The summed E-state index contributed by atoms with van der Waals surface area (Å²) < 4.78 is 0. The fourth-order valence-electron chi connectivity index (χ4n) is 6.08. The number of hydrogen-bond donors (Lipinski definition) is 2. The second-order valence-electron chi connectivity index (χ2n) is 10.8. The van der Waals surface area contributed by atoms with Crippen LogP contribution in [0.1, 0.15) is 37.8 Å². The number of nitrogens with one attached hydrogen (secondary N) is 2. The Morgan fingerprint density at radius 1 is 0.971 bits per heavy atom. The minimum atomic E-state index is 0.216. The number of piperidine rings is 1. The average Bonchev–Trinajstić information content (AvgIpc) is 3.39. The number of imidazole rings is 1. The zero-order valence-electron chi connectivity index (χ0n) is 21.0. The molecule has 3 aromatic carbocycles. The topological polar surface area (TPSA) is 47.2 Å². The molecule has 0 unspecified atom stereocenters. The van der Waals surface area contributed by atoms with Gasteiger partial charge in [0.2, 0.25) is 5.95 Å². The van der Waals surface area contributed by atoms with Crippen LogP contribution in [0.15, 0.2) is 66.7 Å². The zero-order valence-corrected chi connectivity index (χ0v) is 21.0. The van der Waals surface area contributed by atoms with Gasteiger partial charge in [-0.3, -0.25) is 0 Å². The van der Waals surface area contributed by atoms with Gasteiger partial charge in [0.05, 0.1) is 22.4 Å². The van der Waals surface area contributed by atoms with E-state index in [4.69, 9.17) is 4.98 Å². The van der Waals surface area contributed by atoms with E-state index in [1.807, 2.05) is 0 Å². The molecule has 5 heteroatoms. The Labute approximate surface area is 208 Å². The van der Waals surface area contributed by atoms with E-state index in [2.05, 4.69) is 108 Å². The predicted molar refractivity (Wildman–Crippen MR) is 146 cm³/mol. The van der Waals surface area contributed by atoms with E-state index >= 15 is 0 Å². The molecule has 0 amide bonds. The lowest BCUT2D eigenvalue weighted by molar-refractivity contribution is 0.153. The van der Waals surface area contributed by atoms with E-state index in [0.717, 1.165) is 35.1 Å². The molecule has 0 aliphatic carbocycles. The number of nitrogens with zero attached hydrogens (tertiary/aromatic N) is 3. The maximum atomic E-state index is 4.79. The molecule has 4 aromatic rings. The summed E-state index contributed by atoms with van der Waals surface area (Å²) in [7, 11) is 0. The molecule has 3 heterocycles. The van der Waals surface area contributed by atoms with Gasteiger partial charge in [-0.05, 0) is 80.2 Å². The molecule has 0 radical (unpaired) electrons. The molecule has 6 rings (SSSR count). The maximum Gasteiger partial charge on any atom is 0.205 e. The Balaban J connectivity index is 1.32. The Morgan fingerprint density at radius 3 is 2.51 bits per heavy atom. The number of rotatable bonds is 5. The molecular weight excluding hydrogens is 430 g/mol. The minimum Gasteiger partial charge on any atom is -0.339 e. The number of likely N-dealkylation sites (tertiary alicyclic amines) is 1. The molecule has 0 bridgehead atoms. The van der Waals surface area contributed by atoms with Gasteiger partial charge in [-0.1, -0.05) is 50.2 Å². The van der Waals surface area contributed by atoms with Crippen LogP contribution in [0.2, 0.25) is 0 Å². The molecular formula is C30H35N5. The van der Waals surface area contributed by atoms with Crippen LogP contribution >= 0.6 is 0 Å². The highest BCUT2D eigenvalue weighted by Crippen LogP contribution is 2.51. The molecule has 180 valence electrons. The standard InChI is InChI=1S/C30H35N5/c1-21(2)19-34-16-14-30(15-17-34)20-35(27-10-6-4-8-23(27)30)28-11-7-5-9-25(28)32-29-31-24-13-12-22(3)18-26(24)33-29/h4-13,18,21H,14-17,19-20H2,1-3H3,(H2,31,32,33). The van der Waals surface area contributed by atoms with Gasteiger partial charge in [0.15, 0.2) is 0 Å². The van der Waals surface area contributed by atoms with Crippen LogP contribution in [0.5, 0.6) is 0 Å². The first kappa shape index (κ1) is 22.2. The van der Waals surface area contributed by atoms with Crippen molar-refractivity contribution < 1.29 is 0 Å². The Morgan fingerprint density at radius 2 is 1.71 bits per heavy atom. The van der Waals surface area contributed by atoms with Crippen LogP contribution in [-0.2, 0) is 5.41 Å². The monoisotopic (exact) mass is 465 g/mol. The molecule has 1 saturated heterocycles. The number of fused-ring (bicyclic) bond motifs is 3. The molecule has 2 aliphatic rings. The largest absolute Gasteiger partial charge is 0.339 e. The molecule has 2 aliphatic heterocycles. The average molecular weight is 466 g/mol. The van der Waals surface area contributed by atoms with Crippen LogP contribution in [0, 0.1) is 12.8 Å². The van der Waals surface area contributed by atoms with E-state index in [1.54, 1.807) is 0 Å². The summed E-state index contributed by atoms with van der Waals surface area (Å²) in [4.78, 5) is 13.4. The first-order chi connectivity index (χ1) is 17.0. The van der Waals surface area contributed by atoms with Gasteiger partial charge in [0.1, 0.15) is 0 Å². The highest BCUT2D eigenvalue weighted by Gasteiger charge is 2.45. The number of anilines is 4. The second-order valence-corrected chi connectivity index (χ2v) is 10.8. The third-order valence-electron chi connectivity index (χ3n) is 7.75. The molecule has 1 fully saturated rings. The van der Waals surface area contributed by atoms with Gasteiger partial charge >= 0.3 is 0 Å². The third kappa shape index (κ3) is 4.08. The Hall–Kier alpha value is -3.31. The van der Waals surface area contributed by atoms with Gasteiger partial charge in [-0.2, -0.15) is 0 Å². The van der Waals surface area contributed by atoms with Crippen LogP contribution in [0.25, 0.3) is 11.0 Å². The van der Waals surface area contributed by atoms with E-state index in [0.29, 0.717) is 0 Å². The van der Waals surface area contributed by atoms with Crippen molar-refractivity contribution in [3.05, 3.63) is 77.9 Å². The predicted octanol–water partition coefficient (Wildman–Crippen LogP) is 6.76. The normalized spacial score (nSPS) is 17.4. The highest BCUT2D eigenvalue weighted by atomic mass is 15.2. The highest BCUT2D eigenvalue weighted by molar-refractivity contribution is 5.84. The van der Waals surface area contributed by atoms with Crippen molar-refractivity contribution in [3.8, 4) is 0 Å². The van der Waals surface area contributed by atoms with Crippen LogP contribution < -0.4 is 10.2 Å². The maximum absolute atomic E-state index is 4.79. The zero-order chi connectivity index (χ0) is 24.0. The van der Waals surface area contributed by atoms with Crippen molar-refractivity contribution in [2.45, 2.75) is 39.0 Å². The first-order valence-corrected chi connectivity index (χ1v) is 12.9. The fourth-order valence-corrected chi connectivity index (χ4v) is 6.08. The molecule has 1 spiro atoms. The number of aromatic amines is 1. The van der Waals surface area contributed by atoms with Gasteiger partial charge in [-0.15, -0.1) is 0 Å². The summed E-state index contributed by atoms with van der Waals surface area (Å²) in [5, 5.41) is 3.59. The summed E-state index contributed by atoms with van der Waals surface area (Å²) in [6.07, 6.45) is 2.43. The number of aryl methyl sites for hydroxylation is 1.